The highest BCUT2D eigenvalue weighted by atomic mass is 19.1. The number of nitrogens with one attached hydrogen (secondary N) is 3. The molecule has 0 aromatic heterocycles. The molecule has 1 aliphatic heterocycles. The van der Waals surface area contributed by atoms with Gasteiger partial charge in [0.2, 0.25) is 5.91 Å². The summed E-state index contributed by atoms with van der Waals surface area (Å²) in [4.78, 5) is 25.4. The van der Waals surface area contributed by atoms with Crippen LogP contribution in [0.15, 0.2) is 72.9 Å². The Hall–Kier alpha value is -3.87. The molecule has 2 atom stereocenters. The van der Waals surface area contributed by atoms with Crippen molar-refractivity contribution in [2.45, 2.75) is 6.04 Å². The molecular weight excluding hydrogens is 385 g/mol. The summed E-state index contributed by atoms with van der Waals surface area (Å²) < 4.78 is 19.6. The Kier molecular flexibility index (Phi) is 5.10. The van der Waals surface area contributed by atoms with E-state index in [4.69, 9.17) is 4.74 Å². The molecule has 1 aliphatic rings. The lowest BCUT2D eigenvalue weighted by molar-refractivity contribution is -0.119. The van der Waals surface area contributed by atoms with E-state index in [0.717, 1.165) is 10.8 Å². The van der Waals surface area contributed by atoms with Gasteiger partial charge in [-0.05, 0) is 29.0 Å². The van der Waals surface area contributed by atoms with Gasteiger partial charge in [-0.15, -0.1) is 0 Å². The van der Waals surface area contributed by atoms with E-state index in [0.29, 0.717) is 11.3 Å². The molecule has 1 fully saturated rings. The smallest absolute Gasteiger partial charge is 0.319 e. The molecule has 152 valence electrons. The van der Waals surface area contributed by atoms with Crippen molar-refractivity contribution in [3.63, 3.8) is 0 Å². The molecule has 30 heavy (non-hydrogen) atoms. The number of benzene rings is 3. The quantitative estimate of drug-likeness (QED) is 0.611. The predicted octanol–water partition coefficient (Wildman–Crippen LogP) is 4.11. The number of hydrogen-bond acceptors (Lipinski definition) is 3. The fourth-order valence-corrected chi connectivity index (χ4v) is 3.78. The molecule has 1 heterocycles. The Balaban J connectivity index is 1.81. The predicted molar refractivity (Wildman–Crippen MR) is 113 cm³/mol. The van der Waals surface area contributed by atoms with Gasteiger partial charge in [0.25, 0.3) is 0 Å². The van der Waals surface area contributed by atoms with Gasteiger partial charge in [-0.25, -0.2) is 9.18 Å². The number of ether oxygens (including phenoxy) is 1. The normalized spacial score (nSPS) is 18.5. The van der Waals surface area contributed by atoms with E-state index in [1.165, 1.54) is 25.3 Å². The number of amides is 3. The van der Waals surface area contributed by atoms with Crippen LogP contribution in [0.1, 0.15) is 11.6 Å². The van der Waals surface area contributed by atoms with Gasteiger partial charge in [-0.2, -0.15) is 0 Å². The van der Waals surface area contributed by atoms with E-state index in [1.54, 1.807) is 12.1 Å². The van der Waals surface area contributed by atoms with E-state index in [1.807, 2.05) is 30.3 Å². The van der Waals surface area contributed by atoms with Gasteiger partial charge < -0.3 is 20.7 Å². The fraction of sp³-hybridized carbons (Fsp3) is 0.130. The zero-order chi connectivity index (χ0) is 21.3. The van der Waals surface area contributed by atoms with E-state index in [-0.39, 0.29) is 11.4 Å². The molecule has 1 saturated heterocycles. The van der Waals surface area contributed by atoms with E-state index in [2.05, 4.69) is 22.5 Å². The van der Waals surface area contributed by atoms with Crippen LogP contribution in [-0.4, -0.2) is 19.0 Å². The number of urea groups is 1. The van der Waals surface area contributed by atoms with E-state index in [9.17, 15) is 14.0 Å². The minimum absolute atomic E-state index is 0.0517. The number of carbonyl (C=O) groups excluding carboxylic acids is 2. The Morgan fingerprint density at radius 1 is 1.10 bits per heavy atom. The molecular formula is C23H20FN3O3. The van der Waals surface area contributed by atoms with Gasteiger partial charge in [0.15, 0.2) is 0 Å². The number of methoxy groups -OCH3 is 1. The fourth-order valence-electron chi connectivity index (χ4n) is 3.78. The number of carbonyl (C=O) groups is 2. The van der Waals surface area contributed by atoms with Crippen LogP contribution in [0.25, 0.3) is 10.8 Å². The largest absolute Gasteiger partial charge is 0.496 e. The molecule has 0 bridgehead atoms. The molecule has 7 heteroatoms. The van der Waals surface area contributed by atoms with E-state index >= 15 is 0 Å². The van der Waals surface area contributed by atoms with E-state index < -0.39 is 29.7 Å². The van der Waals surface area contributed by atoms with Crippen molar-refractivity contribution >= 4 is 28.4 Å². The van der Waals surface area contributed by atoms with Crippen LogP contribution in [0, 0.1) is 11.7 Å². The summed E-state index contributed by atoms with van der Waals surface area (Å²) in [6, 6.07) is 16.0. The zero-order valence-corrected chi connectivity index (χ0v) is 16.2. The minimum atomic E-state index is -0.901. The van der Waals surface area contributed by atoms with Crippen molar-refractivity contribution in [3.05, 3.63) is 84.3 Å². The SMILES string of the molecule is C=C1NC(=O)N[C@@H](c2c(OC)ccc3ccccc23)[C@@H]1C(=O)Nc1ccccc1F. The topological polar surface area (TPSA) is 79.5 Å². The third-order valence-electron chi connectivity index (χ3n) is 5.15. The van der Waals surface area contributed by atoms with Crippen LogP contribution < -0.4 is 20.7 Å². The second kappa shape index (κ2) is 7.87. The van der Waals surface area contributed by atoms with Crippen molar-refractivity contribution in [1.29, 1.82) is 0 Å². The maximum absolute atomic E-state index is 14.1. The second-order valence-electron chi connectivity index (χ2n) is 6.95. The average molecular weight is 405 g/mol. The van der Waals surface area contributed by atoms with Crippen molar-refractivity contribution < 1.29 is 18.7 Å². The number of para-hydroxylation sites is 1. The highest BCUT2D eigenvalue weighted by Crippen LogP contribution is 2.40. The summed E-state index contributed by atoms with van der Waals surface area (Å²) in [5.41, 5.74) is 0.920. The van der Waals surface area contributed by atoms with Crippen LogP contribution >= 0.6 is 0 Å². The Labute approximate surface area is 172 Å². The second-order valence-corrected chi connectivity index (χ2v) is 6.95. The molecule has 4 rings (SSSR count). The summed E-state index contributed by atoms with van der Waals surface area (Å²) >= 11 is 0. The van der Waals surface area contributed by atoms with Gasteiger partial charge in [0.1, 0.15) is 17.5 Å². The molecule has 3 amide bonds. The maximum atomic E-state index is 14.1. The first-order valence-corrected chi connectivity index (χ1v) is 9.37. The van der Waals surface area contributed by atoms with Gasteiger partial charge in [-0.3, -0.25) is 4.79 Å². The average Bonchev–Trinajstić information content (AvgIpc) is 2.73. The number of hydrogen-bond donors (Lipinski definition) is 3. The summed E-state index contributed by atoms with van der Waals surface area (Å²) in [7, 11) is 1.53. The number of halogens is 1. The standard InChI is InChI=1S/C23H20FN3O3/c1-13-19(22(28)26-17-10-6-5-9-16(17)24)21(27-23(29)25-13)20-15-8-4-3-7-14(15)11-12-18(20)30-2/h3-12,19,21H,1H2,2H3,(H,26,28)(H2,25,27,29)/t19-,21-/m1/s1. The lowest BCUT2D eigenvalue weighted by Crippen LogP contribution is -2.52. The summed E-state index contributed by atoms with van der Waals surface area (Å²) in [6.45, 7) is 3.88. The molecule has 0 aliphatic carbocycles. The third kappa shape index (κ3) is 3.45. The molecule has 3 aromatic rings. The minimum Gasteiger partial charge on any atom is -0.496 e. The monoisotopic (exact) mass is 405 g/mol. The molecule has 0 unspecified atom stereocenters. The van der Waals surface area contributed by atoms with Gasteiger partial charge >= 0.3 is 6.03 Å². The summed E-state index contributed by atoms with van der Waals surface area (Å²) in [5.74, 6) is -1.43. The Morgan fingerprint density at radius 3 is 2.60 bits per heavy atom. The molecule has 3 aromatic carbocycles. The number of anilines is 1. The van der Waals surface area contributed by atoms with Gasteiger partial charge in [0, 0.05) is 11.3 Å². The van der Waals surface area contributed by atoms with Crippen molar-refractivity contribution in [2.24, 2.45) is 5.92 Å². The molecule has 0 spiro atoms. The van der Waals surface area contributed by atoms with Crippen LogP contribution in [0.2, 0.25) is 0 Å². The summed E-state index contributed by atoms with van der Waals surface area (Å²) in [6.07, 6.45) is 0. The maximum Gasteiger partial charge on any atom is 0.319 e. The molecule has 3 N–H and O–H groups in total. The van der Waals surface area contributed by atoms with Gasteiger partial charge in [0.05, 0.1) is 18.8 Å². The molecule has 0 radical (unpaired) electrons. The summed E-state index contributed by atoms with van der Waals surface area (Å²) in [5, 5.41) is 9.74. The van der Waals surface area contributed by atoms with Crippen molar-refractivity contribution in [2.75, 3.05) is 12.4 Å². The highest BCUT2D eigenvalue weighted by molar-refractivity contribution is 5.98. The number of fused-ring (bicyclic) bond motifs is 1. The lowest BCUT2D eigenvalue weighted by Gasteiger charge is -2.35. The Bertz CT molecular complexity index is 1160. The number of rotatable bonds is 4. The van der Waals surface area contributed by atoms with Gasteiger partial charge in [-0.1, -0.05) is 49.0 Å². The van der Waals surface area contributed by atoms with Crippen LogP contribution in [0.3, 0.4) is 0 Å². The van der Waals surface area contributed by atoms with Crippen LogP contribution in [0.5, 0.6) is 5.75 Å². The zero-order valence-electron chi connectivity index (χ0n) is 16.2. The first-order valence-electron chi connectivity index (χ1n) is 9.37. The molecule has 0 saturated carbocycles. The van der Waals surface area contributed by atoms with Crippen LogP contribution in [-0.2, 0) is 4.79 Å². The van der Waals surface area contributed by atoms with Crippen molar-refractivity contribution in [3.8, 4) is 5.75 Å². The third-order valence-corrected chi connectivity index (χ3v) is 5.15. The first-order chi connectivity index (χ1) is 14.5. The van der Waals surface area contributed by atoms with Crippen LogP contribution in [0.4, 0.5) is 14.9 Å². The lowest BCUT2D eigenvalue weighted by atomic mass is 9.85. The molecule has 6 nitrogen and oxygen atoms in total. The van der Waals surface area contributed by atoms with Crippen molar-refractivity contribution in [1.82, 2.24) is 10.6 Å². The highest BCUT2D eigenvalue weighted by Gasteiger charge is 2.40. The Morgan fingerprint density at radius 2 is 1.83 bits per heavy atom. The first kappa shape index (κ1) is 19.4.